The molecule has 0 aliphatic carbocycles. The van der Waals surface area contributed by atoms with Crippen molar-refractivity contribution in [3.63, 3.8) is 0 Å². The molecule has 0 atom stereocenters. The van der Waals surface area contributed by atoms with E-state index in [-0.39, 0.29) is 0 Å². The smallest absolute Gasteiger partial charge is 0.177 e. The van der Waals surface area contributed by atoms with Crippen molar-refractivity contribution < 1.29 is 0 Å². The highest BCUT2D eigenvalue weighted by molar-refractivity contribution is 9.10. The molecule has 0 unspecified atom stereocenters. The first-order chi connectivity index (χ1) is 10.8. The maximum absolute atomic E-state index is 4.77. The fraction of sp³-hybridized carbons (Fsp3) is 0.312. The largest absolute Gasteiger partial charge is 0.317 e. The van der Waals surface area contributed by atoms with Crippen molar-refractivity contribution in [3.8, 4) is 11.3 Å². The van der Waals surface area contributed by atoms with Crippen LogP contribution in [-0.2, 0) is 0 Å². The van der Waals surface area contributed by atoms with E-state index < -0.39 is 0 Å². The minimum atomic E-state index is 0.432. The summed E-state index contributed by atoms with van der Waals surface area (Å²) in [6.07, 6.45) is 2.17. The lowest BCUT2D eigenvalue weighted by Gasteiger charge is -2.20. The molecule has 0 radical (unpaired) electrons. The molecule has 1 fully saturated rings. The minimum absolute atomic E-state index is 0.432. The Bertz CT molecular complexity index is 807. The van der Waals surface area contributed by atoms with E-state index in [1.54, 1.807) is 0 Å². The third kappa shape index (κ3) is 2.53. The van der Waals surface area contributed by atoms with Gasteiger partial charge in [-0.2, -0.15) is 9.61 Å². The Kier molecular flexibility index (Phi) is 3.63. The van der Waals surface area contributed by atoms with Crippen LogP contribution in [0.1, 0.15) is 24.6 Å². The number of nitrogens with one attached hydrogen (secondary N) is 1. The number of aromatic nitrogens is 4. The molecule has 0 spiro atoms. The molecule has 0 saturated carbocycles. The van der Waals surface area contributed by atoms with E-state index in [1.165, 1.54) is 0 Å². The standard InChI is InChI=1S/C16H16BrN5/c17-13-3-1-2-12(10-13)14-4-5-15-19-20-16(22(15)21-14)11-6-8-18-9-7-11/h1-5,10-11,18H,6-9H2. The predicted molar refractivity (Wildman–Crippen MR) is 88.8 cm³/mol. The second-order valence-electron chi connectivity index (χ2n) is 5.58. The number of nitrogens with zero attached hydrogens (tertiary/aromatic N) is 4. The van der Waals surface area contributed by atoms with Crippen molar-refractivity contribution in [2.45, 2.75) is 18.8 Å². The van der Waals surface area contributed by atoms with Gasteiger partial charge in [-0.05, 0) is 50.2 Å². The molecule has 112 valence electrons. The SMILES string of the molecule is Brc1cccc(-c2ccc3nnc(C4CCNCC4)n3n2)c1. The molecular formula is C16H16BrN5. The van der Waals surface area contributed by atoms with Gasteiger partial charge in [0.15, 0.2) is 11.5 Å². The molecule has 3 aromatic rings. The number of halogens is 1. The van der Waals surface area contributed by atoms with E-state index in [9.17, 15) is 0 Å². The number of hydrogen-bond acceptors (Lipinski definition) is 4. The Morgan fingerprint density at radius 3 is 2.77 bits per heavy atom. The van der Waals surface area contributed by atoms with Gasteiger partial charge >= 0.3 is 0 Å². The normalized spacial score (nSPS) is 16.2. The van der Waals surface area contributed by atoms with E-state index in [1.807, 2.05) is 28.8 Å². The van der Waals surface area contributed by atoms with Gasteiger partial charge < -0.3 is 5.32 Å². The van der Waals surface area contributed by atoms with Gasteiger partial charge in [0, 0.05) is 16.0 Å². The van der Waals surface area contributed by atoms with Gasteiger partial charge in [0.05, 0.1) is 5.69 Å². The Balaban J connectivity index is 1.79. The summed E-state index contributed by atoms with van der Waals surface area (Å²) in [5.74, 6) is 1.41. The van der Waals surface area contributed by atoms with Crippen LogP contribution in [0.5, 0.6) is 0 Å². The van der Waals surface area contributed by atoms with Crippen molar-refractivity contribution in [3.05, 3.63) is 46.7 Å². The van der Waals surface area contributed by atoms with E-state index in [4.69, 9.17) is 5.10 Å². The van der Waals surface area contributed by atoms with Gasteiger partial charge in [-0.25, -0.2) is 0 Å². The van der Waals surface area contributed by atoms with Crippen molar-refractivity contribution in [2.75, 3.05) is 13.1 Å². The molecule has 1 saturated heterocycles. The van der Waals surface area contributed by atoms with Gasteiger partial charge in [0.2, 0.25) is 0 Å². The fourth-order valence-electron chi connectivity index (χ4n) is 2.94. The molecule has 2 aromatic heterocycles. The summed E-state index contributed by atoms with van der Waals surface area (Å²) in [6.45, 7) is 2.07. The maximum Gasteiger partial charge on any atom is 0.177 e. The molecule has 0 amide bonds. The minimum Gasteiger partial charge on any atom is -0.317 e. The molecule has 22 heavy (non-hydrogen) atoms. The third-order valence-electron chi connectivity index (χ3n) is 4.11. The number of hydrogen-bond donors (Lipinski definition) is 1. The summed E-state index contributed by atoms with van der Waals surface area (Å²) in [5.41, 5.74) is 2.83. The summed E-state index contributed by atoms with van der Waals surface area (Å²) in [5, 5.41) is 16.8. The third-order valence-corrected chi connectivity index (χ3v) is 4.60. The topological polar surface area (TPSA) is 55.1 Å². The molecule has 5 nitrogen and oxygen atoms in total. The summed E-state index contributed by atoms with van der Waals surface area (Å²) < 4.78 is 2.96. The molecule has 6 heteroatoms. The highest BCUT2D eigenvalue weighted by atomic mass is 79.9. The van der Waals surface area contributed by atoms with Crippen LogP contribution >= 0.6 is 15.9 Å². The number of rotatable bonds is 2. The summed E-state index contributed by atoms with van der Waals surface area (Å²) in [6, 6.07) is 12.2. The molecule has 1 N–H and O–H groups in total. The molecular weight excluding hydrogens is 342 g/mol. The van der Waals surface area contributed by atoms with Crippen LogP contribution in [-0.4, -0.2) is 32.9 Å². The Morgan fingerprint density at radius 2 is 1.95 bits per heavy atom. The molecule has 1 aliphatic rings. The Hall–Kier alpha value is -1.79. The zero-order valence-corrected chi connectivity index (χ0v) is 13.6. The molecule has 4 rings (SSSR count). The first-order valence-corrected chi connectivity index (χ1v) is 8.29. The highest BCUT2D eigenvalue weighted by Gasteiger charge is 2.21. The molecule has 1 aliphatic heterocycles. The Morgan fingerprint density at radius 1 is 1.09 bits per heavy atom. The van der Waals surface area contributed by atoms with Crippen molar-refractivity contribution in [1.29, 1.82) is 0 Å². The average Bonchev–Trinajstić information content (AvgIpc) is 2.99. The number of piperidine rings is 1. The zero-order chi connectivity index (χ0) is 14.9. The van der Waals surface area contributed by atoms with Crippen molar-refractivity contribution in [2.24, 2.45) is 0 Å². The molecule has 0 bridgehead atoms. The second-order valence-corrected chi connectivity index (χ2v) is 6.50. The van der Waals surface area contributed by atoms with Crippen molar-refractivity contribution >= 4 is 21.6 Å². The second kappa shape index (κ2) is 5.78. The maximum atomic E-state index is 4.77. The van der Waals surface area contributed by atoms with Gasteiger partial charge in [-0.1, -0.05) is 28.1 Å². The van der Waals surface area contributed by atoms with Gasteiger partial charge in [0.25, 0.3) is 0 Å². The fourth-order valence-corrected chi connectivity index (χ4v) is 3.34. The van der Waals surface area contributed by atoms with Crippen LogP contribution in [0, 0.1) is 0 Å². The number of benzene rings is 1. The monoisotopic (exact) mass is 357 g/mol. The van der Waals surface area contributed by atoms with E-state index >= 15 is 0 Å². The first-order valence-electron chi connectivity index (χ1n) is 7.50. The quantitative estimate of drug-likeness (QED) is 0.765. The summed E-state index contributed by atoms with van der Waals surface area (Å²) in [4.78, 5) is 0. The van der Waals surface area contributed by atoms with E-state index in [0.29, 0.717) is 5.92 Å². The van der Waals surface area contributed by atoms with Crippen LogP contribution < -0.4 is 5.32 Å². The van der Waals surface area contributed by atoms with Gasteiger partial charge in [-0.3, -0.25) is 0 Å². The van der Waals surface area contributed by atoms with Crippen LogP contribution in [0.3, 0.4) is 0 Å². The van der Waals surface area contributed by atoms with Crippen molar-refractivity contribution in [1.82, 2.24) is 25.1 Å². The van der Waals surface area contributed by atoms with Crippen LogP contribution in [0.4, 0.5) is 0 Å². The van der Waals surface area contributed by atoms with Crippen LogP contribution in [0.25, 0.3) is 16.9 Å². The molecule has 1 aromatic carbocycles. The van der Waals surface area contributed by atoms with Gasteiger partial charge in [0.1, 0.15) is 0 Å². The van der Waals surface area contributed by atoms with E-state index in [2.05, 4.69) is 43.6 Å². The first kappa shape index (κ1) is 13.8. The average molecular weight is 358 g/mol. The number of fused-ring (bicyclic) bond motifs is 1. The zero-order valence-electron chi connectivity index (χ0n) is 12.0. The van der Waals surface area contributed by atoms with Gasteiger partial charge in [-0.15, -0.1) is 10.2 Å². The Labute approximate surface area is 136 Å². The predicted octanol–water partition coefficient (Wildman–Crippen LogP) is 3.02. The lowest BCUT2D eigenvalue weighted by atomic mass is 9.97. The lowest BCUT2D eigenvalue weighted by Crippen LogP contribution is -2.27. The van der Waals surface area contributed by atoms with Crippen LogP contribution in [0.15, 0.2) is 40.9 Å². The lowest BCUT2D eigenvalue weighted by molar-refractivity contribution is 0.439. The highest BCUT2D eigenvalue weighted by Crippen LogP contribution is 2.25. The summed E-state index contributed by atoms with van der Waals surface area (Å²) in [7, 11) is 0. The van der Waals surface area contributed by atoms with E-state index in [0.717, 1.165) is 53.1 Å². The summed E-state index contributed by atoms with van der Waals surface area (Å²) >= 11 is 3.51. The molecule has 3 heterocycles. The van der Waals surface area contributed by atoms with Crippen LogP contribution in [0.2, 0.25) is 0 Å².